The first kappa shape index (κ1) is 14.0. The fraction of sp³-hybridized carbons (Fsp3) is 0.357. The molecule has 2 N–H and O–H groups in total. The van der Waals surface area contributed by atoms with Gasteiger partial charge in [0, 0.05) is 24.4 Å². The Morgan fingerprint density at radius 1 is 1.45 bits per heavy atom. The third-order valence-corrected chi connectivity index (χ3v) is 3.34. The minimum atomic E-state index is -1.17. The molecule has 0 aliphatic heterocycles. The molecule has 0 atom stereocenters. The van der Waals surface area contributed by atoms with Crippen LogP contribution in [0, 0.1) is 10.1 Å². The molecular formula is C14H16N2O4. The second kappa shape index (κ2) is 6.18. The van der Waals surface area contributed by atoms with E-state index < -0.39 is 10.9 Å². The molecular weight excluding hydrogens is 260 g/mol. The van der Waals surface area contributed by atoms with Gasteiger partial charge in [0.25, 0.3) is 5.69 Å². The highest BCUT2D eigenvalue weighted by atomic mass is 16.6. The normalized spacial score (nSPS) is 13.9. The summed E-state index contributed by atoms with van der Waals surface area (Å²) in [7, 11) is 0. The summed E-state index contributed by atoms with van der Waals surface area (Å²) < 4.78 is 0. The quantitative estimate of drug-likeness (QED) is 0.473. The molecule has 1 aliphatic rings. The van der Waals surface area contributed by atoms with Crippen molar-refractivity contribution >= 4 is 17.3 Å². The number of carboxylic acid groups (broad SMARTS) is 1. The number of carbonyl (C=O) groups is 1. The SMILES string of the molecule is O=C(O)c1cc([N+](=O)[O-])ccc1NCCC1=CCCC1. The minimum Gasteiger partial charge on any atom is -0.478 e. The number of hydrogen-bond acceptors (Lipinski definition) is 4. The summed E-state index contributed by atoms with van der Waals surface area (Å²) in [6.07, 6.45) is 6.50. The van der Waals surface area contributed by atoms with Crippen molar-refractivity contribution in [3.63, 3.8) is 0 Å². The summed E-state index contributed by atoms with van der Waals surface area (Å²) in [5.74, 6) is -1.17. The first-order valence-electron chi connectivity index (χ1n) is 6.51. The predicted octanol–water partition coefficient (Wildman–Crippen LogP) is 3.21. The fourth-order valence-corrected chi connectivity index (χ4v) is 2.30. The Kier molecular flexibility index (Phi) is 4.34. The van der Waals surface area contributed by atoms with Gasteiger partial charge in [0.1, 0.15) is 0 Å². The van der Waals surface area contributed by atoms with Crippen molar-refractivity contribution in [2.75, 3.05) is 11.9 Å². The first-order valence-corrected chi connectivity index (χ1v) is 6.51. The van der Waals surface area contributed by atoms with Gasteiger partial charge in [-0.05, 0) is 31.7 Å². The molecule has 0 saturated heterocycles. The van der Waals surface area contributed by atoms with Crippen molar-refractivity contribution in [3.05, 3.63) is 45.5 Å². The van der Waals surface area contributed by atoms with E-state index in [1.165, 1.54) is 24.1 Å². The van der Waals surface area contributed by atoms with Crippen LogP contribution >= 0.6 is 0 Å². The van der Waals surface area contributed by atoms with Crippen LogP contribution in [0.2, 0.25) is 0 Å². The summed E-state index contributed by atoms with van der Waals surface area (Å²) in [6.45, 7) is 0.629. The van der Waals surface area contributed by atoms with E-state index in [-0.39, 0.29) is 11.3 Å². The maximum absolute atomic E-state index is 11.1. The molecule has 0 bridgehead atoms. The Hall–Kier alpha value is -2.37. The van der Waals surface area contributed by atoms with Gasteiger partial charge in [0.15, 0.2) is 0 Å². The van der Waals surface area contributed by atoms with Crippen LogP contribution in [0.4, 0.5) is 11.4 Å². The Bertz CT molecular complexity index is 566. The number of non-ortho nitro benzene ring substituents is 1. The lowest BCUT2D eigenvalue weighted by Crippen LogP contribution is -2.08. The van der Waals surface area contributed by atoms with E-state index in [4.69, 9.17) is 5.11 Å². The number of allylic oxidation sites excluding steroid dienone is 1. The number of hydrogen-bond donors (Lipinski definition) is 2. The molecule has 106 valence electrons. The lowest BCUT2D eigenvalue weighted by Gasteiger charge is -2.09. The van der Waals surface area contributed by atoms with E-state index in [2.05, 4.69) is 11.4 Å². The molecule has 1 aliphatic carbocycles. The highest BCUT2D eigenvalue weighted by Gasteiger charge is 2.15. The lowest BCUT2D eigenvalue weighted by molar-refractivity contribution is -0.384. The zero-order valence-electron chi connectivity index (χ0n) is 11.0. The van der Waals surface area contributed by atoms with Crippen LogP contribution in [-0.2, 0) is 0 Å². The van der Waals surface area contributed by atoms with E-state index >= 15 is 0 Å². The molecule has 0 radical (unpaired) electrons. The summed E-state index contributed by atoms with van der Waals surface area (Å²) in [5, 5.41) is 22.8. The summed E-state index contributed by atoms with van der Waals surface area (Å²) >= 11 is 0. The molecule has 1 aromatic rings. The van der Waals surface area contributed by atoms with Gasteiger partial charge in [0.2, 0.25) is 0 Å². The number of anilines is 1. The van der Waals surface area contributed by atoms with Gasteiger partial charge in [-0.2, -0.15) is 0 Å². The van der Waals surface area contributed by atoms with Gasteiger partial charge in [0.05, 0.1) is 10.5 Å². The predicted molar refractivity (Wildman–Crippen MR) is 75.1 cm³/mol. The number of nitrogens with zero attached hydrogens (tertiary/aromatic N) is 1. The summed E-state index contributed by atoms with van der Waals surface area (Å²) in [6, 6.07) is 3.84. The molecule has 6 heteroatoms. The van der Waals surface area contributed by atoms with Crippen LogP contribution < -0.4 is 5.32 Å². The second-order valence-electron chi connectivity index (χ2n) is 4.72. The largest absolute Gasteiger partial charge is 0.478 e. The van der Waals surface area contributed by atoms with Crippen LogP contribution in [0.5, 0.6) is 0 Å². The molecule has 0 amide bonds. The third-order valence-electron chi connectivity index (χ3n) is 3.34. The van der Waals surface area contributed by atoms with E-state index in [9.17, 15) is 14.9 Å². The molecule has 20 heavy (non-hydrogen) atoms. The molecule has 1 aromatic carbocycles. The monoisotopic (exact) mass is 276 g/mol. The van der Waals surface area contributed by atoms with Gasteiger partial charge in [-0.3, -0.25) is 10.1 Å². The maximum atomic E-state index is 11.1. The standard InChI is InChI=1S/C14H16N2O4/c17-14(18)12-9-11(16(19)20)5-6-13(12)15-8-7-10-3-1-2-4-10/h3,5-6,9,15H,1-2,4,7-8H2,(H,17,18). The molecule has 0 aromatic heterocycles. The van der Waals surface area contributed by atoms with Gasteiger partial charge < -0.3 is 10.4 Å². The summed E-state index contributed by atoms with van der Waals surface area (Å²) in [5.41, 5.74) is 1.52. The zero-order chi connectivity index (χ0) is 14.5. The van der Waals surface area contributed by atoms with Crippen LogP contribution in [0.1, 0.15) is 36.0 Å². The number of nitro benzene ring substituents is 1. The molecule has 0 fully saturated rings. The van der Waals surface area contributed by atoms with Crippen LogP contribution in [0.3, 0.4) is 0 Å². The molecule has 0 spiro atoms. The fourth-order valence-electron chi connectivity index (χ4n) is 2.30. The van der Waals surface area contributed by atoms with Crippen molar-refractivity contribution in [2.24, 2.45) is 0 Å². The van der Waals surface area contributed by atoms with Crippen molar-refractivity contribution in [3.8, 4) is 0 Å². The van der Waals surface area contributed by atoms with Crippen molar-refractivity contribution in [1.29, 1.82) is 0 Å². The van der Waals surface area contributed by atoms with E-state index in [1.54, 1.807) is 0 Å². The average Bonchev–Trinajstić information content (AvgIpc) is 2.91. The second-order valence-corrected chi connectivity index (χ2v) is 4.72. The number of carboxylic acids is 1. The number of aromatic carboxylic acids is 1. The Morgan fingerprint density at radius 3 is 2.85 bits per heavy atom. The smallest absolute Gasteiger partial charge is 0.338 e. The van der Waals surface area contributed by atoms with Gasteiger partial charge in [-0.15, -0.1) is 0 Å². The number of rotatable bonds is 6. The molecule has 2 rings (SSSR count). The minimum absolute atomic E-state index is 0.0698. The third kappa shape index (κ3) is 3.34. The van der Waals surface area contributed by atoms with E-state index in [0.717, 1.165) is 25.3 Å². The van der Waals surface area contributed by atoms with E-state index in [0.29, 0.717) is 12.2 Å². The zero-order valence-corrected chi connectivity index (χ0v) is 11.0. The first-order chi connectivity index (χ1) is 9.58. The highest BCUT2D eigenvalue weighted by molar-refractivity contribution is 5.95. The van der Waals surface area contributed by atoms with Crippen LogP contribution in [-0.4, -0.2) is 22.5 Å². The van der Waals surface area contributed by atoms with Gasteiger partial charge in [-0.25, -0.2) is 4.79 Å². The molecule has 0 heterocycles. The van der Waals surface area contributed by atoms with Crippen LogP contribution in [0.15, 0.2) is 29.8 Å². The Labute approximate surface area is 116 Å². The lowest BCUT2D eigenvalue weighted by atomic mass is 10.1. The topological polar surface area (TPSA) is 92.5 Å². The Balaban J connectivity index is 2.06. The van der Waals surface area contributed by atoms with Gasteiger partial charge in [-0.1, -0.05) is 11.6 Å². The van der Waals surface area contributed by atoms with E-state index in [1.807, 2.05) is 0 Å². The van der Waals surface area contributed by atoms with Crippen LogP contribution in [0.25, 0.3) is 0 Å². The number of benzene rings is 1. The molecule has 0 unspecified atom stereocenters. The molecule has 6 nitrogen and oxygen atoms in total. The molecule has 0 saturated carbocycles. The summed E-state index contributed by atoms with van der Waals surface area (Å²) in [4.78, 5) is 21.2. The average molecular weight is 276 g/mol. The maximum Gasteiger partial charge on any atom is 0.338 e. The van der Waals surface area contributed by atoms with Gasteiger partial charge >= 0.3 is 5.97 Å². The number of nitrogens with one attached hydrogen (secondary N) is 1. The number of nitro groups is 1. The van der Waals surface area contributed by atoms with Crippen molar-refractivity contribution < 1.29 is 14.8 Å². The van der Waals surface area contributed by atoms with Crippen molar-refractivity contribution in [1.82, 2.24) is 0 Å². The Morgan fingerprint density at radius 2 is 2.25 bits per heavy atom. The highest BCUT2D eigenvalue weighted by Crippen LogP contribution is 2.24. The van der Waals surface area contributed by atoms with Crippen molar-refractivity contribution in [2.45, 2.75) is 25.7 Å².